The Morgan fingerprint density at radius 1 is 1.26 bits per heavy atom. The van der Waals surface area contributed by atoms with E-state index in [1.807, 2.05) is 0 Å². The standard InChI is InChI=1S/C16H13F3N2O2/c1-10-15(22)21(14-13(23-10)6-3-7-20-14)9-11-4-2-5-12(8-11)16(17,18)19/h2-8,10H,9H2,1H3. The van der Waals surface area contributed by atoms with Crippen molar-refractivity contribution in [3.05, 3.63) is 53.7 Å². The molecule has 0 bridgehead atoms. The van der Waals surface area contributed by atoms with Gasteiger partial charge in [0.05, 0.1) is 12.1 Å². The molecule has 0 spiro atoms. The second-order valence-corrected chi connectivity index (χ2v) is 5.21. The molecule has 1 aliphatic heterocycles. The second kappa shape index (κ2) is 5.57. The maximum atomic E-state index is 12.8. The number of carbonyl (C=O) groups excluding carboxylic acids is 1. The average molecular weight is 322 g/mol. The average Bonchev–Trinajstić information content (AvgIpc) is 2.51. The van der Waals surface area contributed by atoms with Crippen LogP contribution >= 0.6 is 0 Å². The van der Waals surface area contributed by atoms with Crippen molar-refractivity contribution in [1.29, 1.82) is 0 Å². The molecule has 0 N–H and O–H groups in total. The Morgan fingerprint density at radius 2 is 2.04 bits per heavy atom. The Bertz CT molecular complexity index is 746. The Balaban J connectivity index is 1.95. The van der Waals surface area contributed by atoms with E-state index in [-0.39, 0.29) is 12.5 Å². The maximum absolute atomic E-state index is 12.8. The number of carbonyl (C=O) groups is 1. The van der Waals surface area contributed by atoms with E-state index in [0.29, 0.717) is 17.1 Å². The van der Waals surface area contributed by atoms with Crippen molar-refractivity contribution in [1.82, 2.24) is 4.98 Å². The Labute approximate surface area is 130 Å². The molecule has 1 aromatic heterocycles. The number of halogens is 3. The molecule has 1 aromatic carbocycles. The highest BCUT2D eigenvalue weighted by molar-refractivity contribution is 5.98. The predicted octanol–water partition coefficient (Wildman–Crippen LogP) is 3.41. The fourth-order valence-corrected chi connectivity index (χ4v) is 2.42. The first-order valence-electron chi connectivity index (χ1n) is 6.95. The van der Waals surface area contributed by atoms with Crippen molar-refractivity contribution >= 4 is 11.7 Å². The molecule has 0 saturated heterocycles. The molecule has 0 fully saturated rings. The lowest BCUT2D eigenvalue weighted by molar-refractivity contribution is -0.137. The highest BCUT2D eigenvalue weighted by Crippen LogP contribution is 2.34. The molecular formula is C16H13F3N2O2. The highest BCUT2D eigenvalue weighted by atomic mass is 19.4. The van der Waals surface area contributed by atoms with Crippen LogP contribution in [0.2, 0.25) is 0 Å². The lowest BCUT2D eigenvalue weighted by atomic mass is 10.1. The van der Waals surface area contributed by atoms with Gasteiger partial charge in [0.2, 0.25) is 0 Å². The molecule has 1 unspecified atom stereocenters. The van der Waals surface area contributed by atoms with Gasteiger partial charge in [-0.1, -0.05) is 12.1 Å². The summed E-state index contributed by atoms with van der Waals surface area (Å²) >= 11 is 0. The number of pyridine rings is 1. The first-order chi connectivity index (χ1) is 10.9. The van der Waals surface area contributed by atoms with Crippen molar-refractivity contribution < 1.29 is 22.7 Å². The van der Waals surface area contributed by atoms with E-state index in [1.165, 1.54) is 17.2 Å². The van der Waals surface area contributed by atoms with Gasteiger partial charge in [0.1, 0.15) is 0 Å². The summed E-state index contributed by atoms with van der Waals surface area (Å²) in [4.78, 5) is 17.8. The number of alkyl halides is 3. The van der Waals surface area contributed by atoms with Crippen molar-refractivity contribution in [2.75, 3.05) is 4.90 Å². The zero-order valence-corrected chi connectivity index (χ0v) is 12.2. The Hall–Kier alpha value is -2.57. The topological polar surface area (TPSA) is 42.4 Å². The minimum absolute atomic E-state index is 0.000463. The lowest BCUT2D eigenvalue weighted by Gasteiger charge is -2.31. The third-order valence-corrected chi connectivity index (χ3v) is 3.52. The van der Waals surface area contributed by atoms with Crippen LogP contribution in [0.1, 0.15) is 18.1 Å². The van der Waals surface area contributed by atoms with E-state index < -0.39 is 17.8 Å². The molecule has 0 radical (unpaired) electrons. The van der Waals surface area contributed by atoms with Gasteiger partial charge in [-0.2, -0.15) is 13.2 Å². The summed E-state index contributed by atoms with van der Waals surface area (Å²) in [6.07, 6.45) is -3.63. The number of rotatable bonds is 2. The summed E-state index contributed by atoms with van der Waals surface area (Å²) in [6, 6.07) is 8.25. The summed E-state index contributed by atoms with van der Waals surface area (Å²) in [7, 11) is 0. The molecule has 4 nitrogen and oxygen atoms in total. The fourth-order valence-electron chi connectivity index (χ4n) is 2.42. The smallest absolute Gasteiger partial charge is 0.416 e. The molecule has 0 aliphatic carbocycles. The normalized spacial score (nSPS) is 17.7. The largest absolute Gasteiger partial charge is 0.477 e. The summed E-state index contributed by atoms with van der Waals surface area (Å²) in [5.74, 6) is 0.410. The summed E-state index contributed by atoms with van der Waals surface area (Å²) < 4.78 is 43.9. The van der Waals surface area contributed by atoms with Gasteiger partial charge in [0, 0.05) is 6.20 Å². The van der Waals surface area contributed by atoms with Crippen LogP contribution in [0.4, 0.5) is 19.0 Å². The molecule has 1 amide bonds. The number of hydrogen-bond donors (Lipinski definition) is 0. The van der Waals surface area contributed by atoms with Crippen LogP contribution in [0, 0.1) is 0 Å². The zero-order chi connectivity index (χ0) is 16.6. The molecule has 1 atom stereocenters. The number of aromatic nitrogens is 1. The summed E-state index contributed by atoms with van der Waals surface area (Å²) in [5, 5.41) is 0. The molecule has 23 heavy (non-hydrogen) atoms. The number of hydrogen-bond acceptors (Lipinski definition) is 3. The van der Waals surface area contributed by atoms with Gasteiger partial charge in [-0.3, -0.25) is 9.69 Å². The maximum Gasteiger partial charge on any atom is 0.416 e. The van der Waals surface area contributed by atoms with Crippen LogP contribution in [0.3, 0.4) is 0 Å². The molecule has 2 aromatic rings. The molecule has 1 aliphatic rings. The van der Waals surface area contributed by atoms with Crippen LogP contribution in [-0.4, -0.2) is 17.0 Å². The van der Waals surface area contributed by atoms with Crippen LogP contribution in [0.5, 0.6) is 5.75 Å². The third-order valence-electron chi connectivity index (χ3n) is 3.52. The lowest BCUT2D eigenvalue weighted by Crippen LogP contribution is -2.44. The predicted molar refractivity (Wildman–Crippen MR) is 77.0 cm³/mol. The van der Waals surface area contributed by atoms with E-state index in [9.17, 15) is 18.0 Å². The molecular weight excluding hydrogens is 309 g/mol. The quantitative estimate of drug-likeness (QED) is 0.851. The summed E-state index contributed by atoms with van der Waals surface area (Å²) in [5.41, 5.74) is -0.371. The highest BCUT2D eigenvalue weighted by Gasteiger charge is 2.34. The first-order valence-corrected chi connectivity index (χ1v) is 6.95. The minimum Gasteiger partial charge on any atom is -0.477 e. The summed E-state index contributed by atoms with van der Waals surface area (Å²) in [6.45, 7) is 1.60. The number of ether oxygens (including phenoxy) is 1. The van der Waals surface area contributed by atoms with Crippen molar-refractivity contribution in [3.63, 3.8) is 0 Å². The van der Waals surface area contributed by atoms with Crippen molar-refractivity contribution in [2.24, 2.45) is 0 Å². The van der Waals surface area contributed by atoms with Gasteiger partial charge in [-0.05, 0) is 36.8 Å². The SMILES string of the molecule is CC1Oc2cccnc2N(Cc2cccc(C(F)(F)F)c2)C1=O. The van der Waals surface area contributed by atoms with Gasteiger partial charge in [-0.25, -0.2) is 4.98 Å². The van der Waals surface area contributed by atoms with Crippen LogP contribution < -0.4 is 9.64 Å². The van der Waals surface area contributed by atoms with E-state index in [4.69, 9.17) is 4.74 Å². The third kappa shape index (κ3) is 2.99. The number of fused-ring (bicyclic) bond motifs is 1. The number of benzene rings is 1. The second-order valence-electron chi connectivity index (χ2n) is 5.21. The van der Waals surface area contributed by atoms with Gasteiger partial charge in [-0.15, -0.1) is 0 Å². The molecule has 7 heteroatoms. The van der Waals surface area contributed by atoms with E-state index in [2.05, 4.69) is 4.98 Å². The van der Waals surface area contributed by atoms with Gasteiger partial charge >= 0.3 is 6.18 Å². The number of amides is 1. The van der Waals surface area contributed by atoms with E-state index in [0.717, 1.165) is 12.1 Å². The minimum atomic E-state index is -4.42. The zero-order valence-electron chi connectivity index (χ0n) is 12.2. The fraction of sp³-hybridized carbons (Fsp3) is 0.250. The van der Waals surface area contributed by atoms with Crippen LogP contribution in [0.25, 0.3) is 0 Å². The monoisotopic (exact) mass is 322 g/mol. The Morgan fingerprint density at radius 3 is 2.78 bits per heavy atom. The van der Waals surface area contributed by atoms with E-state index >= 15 is 0 Å². The molecule has 0 saturated carbocycles. The van der Waals surface area contributed by atoms with Crippen LogP contribution in [-0.2, 0) is 17.5 Å². The Kier molecular flexibility index (Phi) is 3.71. The first kappa shape index (κ1) is 15.3. The van der Waals surface area contributed by atoms with Gasteiger partial charge < -0.3 is 4.74 Å². The molecule has 120 valence electrons. The van der Waals surface area contributed by atoms with Crippen molar-refractivity contribution in [3.8, 4) is 5.75 Å². The number of nitrogens with zero attached hydrogens (tertiary/aromatic N) is 2. The molecule has 3 rings (SSSR count). The van der Waals surface area contributed by atoms with Gasteiger partial charge in [0.15, 0.2) is 17.7 Å². The van der Waals surface area contributed by atoms with Crippen molar-refractivity contribution in [2.45, 2.75) is 25.7 Å². The van der Waals surface area contributed by atoms with Crippen LogP contribution in [0.15, 0.2) is 42.6 Å². The van der Waals surface area contributed by atoms with Gasteiger partial charge in [0.25, 0.3) is 5.91 Å². The molecule has 2 heterocycles. The van der Waals surface area contributed by atoms with E-state index in [1.54, 1.807) is 25.1 Å². The number of anilines is 1.